The number of aromatic nitrogens is 4. The van der Waals surface area contributed by atoms with Gasteiger partial charge in [-0.3, -0.25) is 4.98 Å². The van der Waals surface area contributed by atoms with Crippen LogP contribution in [0.3, 0.4) is 0 Å². The summed E-state index contributed by atoms with van der Waals surface area (Å²) in [5.74, 6) is 1.69. The molecule has 5 heteroatoms. The number of fused-ring (bicyclic) bond motifs is 3. The van der Waals surface area contributed by atoms with Gasteiger partial charge >= 0.3 is 0 Å². The zero-order valence-corrected chi connectivity index (χ0v) is 10.8. The van der Waals surface area contributed by atoms with Crippen molar-refractivity contribution in [1.82, 2.24) is 19.7 Å². The van der Waals surface area contributed by atoms with Gasteiger partial charge in [-0.2, -0.15) is 0 Å². The largest absolute Gasteiger partial charge is 0.399 e. The van der Waals surface area contributed by atoms with Gasteiger partial charge in [0.25, 0.3) is 0 Å². The van der Waals surface area contributed by atoms with Crippen LogP contribution < -0.4 is 5.73 Å². The highest BCUT2D eigenvalue weighted by Crippen LogP contribution is 2.32. The number of nitrogens with zero attached hydrogens (tertiary/aromatic N) is 4. The van der Waals surface area contributed by atoms with Crippen LogP contribution in [0.1, 0.15) is 5.56 Å². The van der Waals surface area contributed by atoms with Crippen molar-refractivity contribution < 1.29 is 0 Å². The quantitative estimate of drug-likeness (QED) is 0.683. The zero-order valence-electron chi connectivity index (χ0n) is 10.8. The molecule has 0 radical (unpaired) electrons. The van der Waals surface area contributed by atoms with Gasteiger partial charge in [-0.15, -0.1) is 10.2 Å². The SMILES string of the molecule is Nc1ccc2c(c1)-c1nnc(-c3ccccn3)n1CC2. The van der Waals surface area contributed by atoms with Crippen LogP contribution >= 0.6 is 0 Å². The van der Waals surface area contributed by atoms with E-state index >= 15 is 0 Å². The lowest BCUT2D eigenvalue weighted by Gasteiger charge is -2.18. The summed E-state index contributed by atoms with van der Waals surface area (Å²) < 4.78 is 2.12. The van der Waals surface area contributed by atoms with Crippen LogP contribution in [0.4, 0.5) is 5.69 Å². The van der Waals surface area contributed by atoms with Gasteiger partial charge in [-0.05, 0) is 36.2 Å². The molecule has 20 heavy (non-hydrogen) atoms. The van der Waals surface area contributed by atoms with Crippen LogP contribution in [0, 0.1) is 0 Å². The molecule has 0 saturated heterocycles. The predicted molar refractivity (Wildman–Crippen MR) is 76.8 cm³/mol. The first-order valence-corrected chi connectivity index (χ1v) is 6.56. The number of nitrogen functional groups attached to an aromatic ring is 1. The molecule has 0 spiro atoms. The van der Waals surface area contributed by atoms with E-state index < -0.39 is 0 Å². The van der Waals surface area contributed by atoms with Crippen LogP contribution in [0.15, 0.2) is 42.6 Å². The molecule has 0 amide bonds. The molecule has 0 aliphatic carbocycles. The molecule has 1 aromatic carbocycles. The third-order valence-electron chi connectivity index (χ3n) is 3.62. The van der Waals surface area contributed by atoms with E-state index in [0.29, 0.717) is 0 Å². The Morgan fingerprint density at radius 2 is 1.95 bits per heavy atom. The predicted octanol–water partition coefficient (Wildman–Crippen LogP) is 2.15. The van der Waals surface area contributed by atoms with Crippen LogP contribution in [0.25, 0.3) is 22.9 Å². The number of hydrogen-bond donors (Lipinski definition) is 1. The van der Waals surface area contributed by atoms with Crippen LogP contribution in [0.5, 0.6) is 0 Å². The topological polar surface area (TPSA) is 69.6 Å². The average molecular weight is 263 g/mol. The fraction of sp³-hybridized carbons (Fsp3) is 0.133. The molecular weight excluding hydrogens is 250 g/mol. The fourth-order valence-electron chi connectivity index (χ4n) is 2.65. The van der Waals surface area contributed by atoms with E-state index in [1.54, 1.807) is 6.20 Å². The Bertz CT molecular complexity index is 776. The molecule has 0 fully saturated rings. The van der Waals surface area contributed by atoms with Gasteiger partial charge in [0, 0.05) is 24.0 Å². The van der Waals surface area contributed by atoms with Crippen LogP contribution in [-0.4, -0.2) is 19.7 Å². The maximum atomic E-state index is 5.89. The molecular formula is C15H13N5. The van der Waals surface area contributed by atoms with Crippen molar-refractivity contribution in [2.24, 2.45) is 0 Å². The molecule has 3 heterocycles. The molecule has 2 aromatic heterocycles. The number of aryl methyl sites for hydroxylation is 1. The normalized spacial score (nSPS) is 12.8. The Labute approximate surface area is 116 Å². The van der Waals surface area contributed by atoms with Gasteiger partial charge in [-0.1, -0.05) is 12.1 Å². The summed E-state index contributed by atoms with van der Waals surface area (Å²) in [6.45, 7) is 0.866. The van der Waals surface area contributed by atoms with Crippen molar-refractivity contribution in [2.45, 2.75) is 13.0 Å². The lowest BCUT2D eigenvalue weighted by Crippen LogP contribution is -2.12. The smallest absolute Gasteiger partial charge is 0.182 e. The van der Waals surface area contributed by atoms with E-state index in [4.69, 9.17) is 5.73 Å². The van der Waals surface area contributed by atoms with Gasteiger partial charge in [0.05, 0.1) is 0 Å². The van der Waals surface area contributed by atoms with Gasteiger partial charge in [0.1, 0.15) is 5.69 Å². The van der Waals surface area contributed by atoms with Crippen LogP contribution in [-0.2, 0) is 13.0 Å². The maximum Gasteiger partial charge on any atom is 0.182 e. The molecule has 1 aliphatic rings. The molecule has 4 rings (SSSR count). The summed E-state index contributed by atoms with van der Waals surface area (Å²) >= 11 is 0. The van der Waals surface area contributed by atoms with Crippen molar-refractivity contribution >= 4 is 5.69 Å². The Hall–Kier alpha value is -2.69. The van der Waals surface area contributed by atoms with Crippen molar-refractivity contribution in [3.63, 3.8) is 0 Å². The highest BCUT2D eigenvalue weighted by atomic mass is 15.3. The summed E-state index contributed by atoms with van der Waals surface area (Å²) in [6, 6.07) is 11.8. The Balaban J connectivity index is 1.91. The van der Waals surface area contributed by atoms with Crippen molar-refractivity contribution in [3.8, 4) is 22.9 Å². The molecule has 0 saturated carbocycles. The minimum Gasteiger partial charge on any atom is -0.399 e. The summed E-state index contributed by atoms with van der Waals surface area (Å²) in [5, 5.41) is 8.64. The standard InChI is InChI=1S/C15H13N5/c16-11-5-4-10-6-8-20-14(12(10)9-11)18-19-15(20)13-3-1-2-7-17-13/h1-5,7,9H,6,8,16H2. The van der Waals surface area contributed by atoms with E-state index in [1.165, 1.54) is 5.56 Å². The Kier molecular flexibility index (Phi) is 2.32. The first kappa shape index (κ1) is 11.2. The van der Waals surface area contributed by atoms with E-state index in [2.05, 4.69) is 25.8 Å². The minimum absolute atomic E-state index is 0.750. The number of benzene rings is 1. The van der Waals surface area contributed by atoms with Crippen molar-refractivity contribution in [1.29, 1.82) is 0 Å². The third-order valence-corrected chi connectivity index (χ3v) is 3.62. The highest BCUT2D eigenvalue weighted by Gasteiger charge is 2.22. The monoisotopic (exact) mass is 263 g/mol. The lowest BCUT2D eigenvalue weighted by atomic mass is 10.00. The second-order valence-corrected chi connectivity index (χ2v) is 4.88. The fourth-order valence-corrected chi connectivity index (χ4v) is 2.65. The first-order valence-electron chi connectivity index (χ1n) is 6.56. The summed E-state index contributed by atoms with van der Waals surface area (Å²) in [4.78, 5) is 4.35. The van der Waals surface area contributed by atoms with Gasteiger partial charge < -0.3 is 10.3 Å². The van der Waals surface area contributed by atoms with Gasteiger partial charge in [-0.25, -0.2) is 0 Å². The average Bonchev–Trinajstić information content (AvgIpc) is 2.92. The second kappa shape index (κ2) is 4.16. The number of pyridine rings is 1. The summed E-state index contributed by atoms with van der Waals surface area (Å²) in [7, 11) is 0. The minimum atomic E-state index is 0.750. The maximum absolute atomic E-state index is 5.89. The molecule has 0 bridgehead atoms. The summed E-state index contributed by atoms with van der Waals surface area (Å²) in [6.07, 6.45) is 2.73. The van der Waals surface area contributed by atoms with Gasteiger partial charge in [0.2, 0.25) is 0 Å². The number of hydrogen-bond acceptors (Lipinski definition) is 4. The molecule has 0 unspecified atom stereocenters. The molecule has 0 atom stereocenters. The molecule has 3 aromatic rings. The number of anilines is 1. The van der Waals surface area contributed by atoms with Crippen molar-refractivity contribution in [2.75, 3.05) is 5.73 Å². The first-order chi connectivity index (χ1) is 9.83. The molecule has 98 valence electrons. The highest BCUT2D eigenvalue weighted by molar-refractivity contribution is 5.69. The van der Waals surface area contributed by atoms with E-state index in [1.807, 2.05) is 30.3 Å². The van der Waals surface area contributed by atoms with E-state index in [9.17, 15) is 0 Å². The molecule has 5 nitrogen and oxygen atoms in total. The number of nitrogens with two attached hydrogens (primary N) is 1. The summed E-state index contributed by atoms with van der Waals surface area (Å²) in [5.41, 5.74) is 9.83. The van der Waals surface area contributed by atoms with Gasteiger partial charge in [0.15, 0.2) is 11.6 Å². The Morgan fingerprint density at radius 3 is 2.80 bits per heavy atom. The van der Waals surface area contributed by atoms with E-state index in [0.717, 1.165) is 41.6 Å². The molecule has 2 N–H and O–H groups in total. The second-order valence-electron chi connectivity index (χ2n) is 4.88. The lowest BCUT2D eigenvalue weighted by molar-refractivity contribution is 0.687. The zero-order chi connectivity index (χ0) is 13.5. The van der Waals surface area contributed by atoms with E-state index in [-0.39, 0.29) is 0 Å². The third kappa shape index (κ3) is 1.60. The number of rotatable bonds is 1. The van der Waals surface area contributed by atoms with Crippen LogP contribution in [0.2, 0.25) is 0 Å². The van der Waals surface area contributed by atoms with Crippen molar-refractivity contribution in [3.05, 3.63) is 48.2 Å². The molecule has 1 aliphatic heterocycles. The Morgan fingerprint density at radius 1 is 1.05 bits per heavy atom.